The predicted molar refractivity (Wildman–Crippen MR) is 89.5 cm³/mol. The van der Waals surface area contributed by atoms with Gasteiger partial charge in [0, 0.05) is 30.1 Å². The number of aromatic nitrogens is 1. The Hall–Kier alpha value is -1.19. The van der Waals surface area contributed by atoms with Crippen LogP contribution in [0.1, 0.15) is 47.8 Å². The van der Waals surface area contributed by atoms with Gasteiger partial charge in [-0.25, -0.2) is 4.98 Å². The monoisotopic (exact) mass is 300 g/mol. The second kappa shape index (κ2) is 6.29. The minimum atomic E-state index is 0.483. The van der Waals surface area contributed by atoms with Gasteiger partial charge in [-0.05, 0) is 29.4 Å². The van der Waals surface area contributed by atoms with E-state index in [9.17, 15) is 0 Å². The largest absolute Gasteiger partial charge is 0.305 e. The molecule has 1 aliphatic rings. The third-order valence-electron chi connectivity index (χ3n) is 4.18. The molecule has 1 aromatic carbocycles. The van der Waals surface area contributed by atoms with Crippen molar-refractivity contribution in [3.63, 3.8) is 0 Å². The average molecular weight is 300 g/mol. The standard InChI is InChI=1S/C18H24N2S/c1-12(2)8-17-19-10-15(21-17)11-20-18-13(3)9-14-6-4-5-7-16(14)18/h4-7,10,12-13,18,20H,8-9,11H2,1-3H3/t13-,18-/m1/s1. The van der Waals surface area contributed by atoms with Crippen LogP contribution in [0, 0.1) is 11.8 Å². The van der Waals surface area contributed by atoms with Crippen LogP contribution in [-0.2, 0) is 19.4 Å². The van der Waals surface area contributed by atoms with Crippen LogP contribution in [0.15, 0.2) is 30.5 Å². The molecule has 0 aliphatic heterocycles. The highest BCUT2D eigenvalue weighted by atomic mass is 32.1. The van der Waals surface area contributed by atoms with Gasteiger partial charge in [-0.3, -0.25) is 0 Å². The molecule has 0 spiro atoms. The SMILES string of the molecule is CC(C)Cc1ncc(CN[C@H]2c3ccccc3C[C@H]2C)s1. The molecule has 0 saturated carbocycles. The van der Waals surface area contributed by atoms with Crippen molar-refractivity contribution in [3.8, 4) is 0 Å². The van der Waals surface area contributed by atoms with Crippen LogP contribution < -0.4 is 5.32 Å². The summed E-state index contributed by atoms with van der Waals surface area (Å²) in [6.07, 6.45) is 4.32. The predicted octanol–water partition coefficient (Wildman–Crippen LogP) is 4.36. The molecule has 1 heterocycles. The maximum Gasteiger partial charge on any atom is 0.0930 e. The maximum atomic E-state index is 4.54. The zero-order chi connectivity index (χ0) is 14.8. The summed E-state index contributed by atoms with van der Waals surface area (Å²) in [5, 5.41) is 5.01. The van der Waals surface area contributed by atoms with Crippen molar-refractivity contribution in [1.29, 1.82) is 0 Å². The van der Waals surface area contributed by atoms with Gasteiger partial charge in [-0.2, -0.15) is 0 Å². The first-order valence-electron chi connectivity index (χ1n) is 7.88. The molecule has 112 valence electrons. The lowest BCUT2D eigenvalue weighted by atomic mass is 10.0. The third kappa shape index (κ3) is 3.35. The molecule has 3 rings (SSSR count). The van der Waals surface area contributed by atoms with Gasteiger partial charge in [-0.1, -0.05) is 45.0 Å². The number of nitrogens with one attached hydrogen (secondary N) is 1. The van der Waals surface area contributed by atoms with E-state index in [1.54, 1.807) is 0 Å². The Morgan fingerprint density at radius 3 is 2.95 bits per heavy atom. The van der Waals surface area contributed by atoms with E-state index in [0.29, 0.717) is 17.9 Å². The molecule has 1 aliphatic carbocycles. The number of fused-ring (bicyclic) bond motifs is 1. The molecule has 1 aromatic heterocycles. The fraction of sp³-hybridized carbons (Fsp3) is 0.500. The zero-order valence-electron chi connectivity index (χ0n) is 13.1. The molecule has 21 heavy (non-hydrogen) atoms. The Balaban J connectivity index is 1.64. The molecule has 2 nitrogen and oxygen atoms in total. The van der Waals surface area contributed by atoms with Crippen molar-refractivity contribution in [2.45, 2.75) is 46.2 Å². The lowest BCUT2D eigenvalue weighted by molar-refractivity contribution is 0.416. The summed E-state index contributed by atoms with van der Waals surface area (Å²) >= 11 is 1.85. The van der Waals surface area contributed by atoms with E-state index in [1.165, 1.54) is 27.4 Å². The molecular weight excluding hydrogens is 276 g/mol. The molecule has 0 unspecified atom stereocenters. The lowest BCUT2D eigenvalue weighted by Crippen LogP contribution is -2.23. The Labute approximate surface area is 131 Å². The van der Waals surface area contributed by atoms with Crippen LogP contribution in [-0.4, -0.2) is 4.98 Å². The summed E-state index contributed by atoms with van der Waals surface area (Å²) in [5.74, 6) is 1.35. The molecule has 0 saturated heterocycles. The van der Waals surface area contributed by atoms with Crippen molar-refractivity contribution in [2.24, 2.45) is 11.8 Å². The quantitative estimate of drug-likeness (QED) is 0.887. The van der Waals surface area contributed by atoms with Gasteiger partial charge in [0.25, 0.3) is 0 Å². The molecule has 0 bridgehead atoms. The van der Waals surface area contributed by atoms with Gasteiger partial charge >= 0.3 is 0 Å². The third-order valence-corrected chi connectivity index (χ3v) is 5.20. The Bertz CT molecular complexity index is 603. The van der Waals surface area contributed by atoms with Crippen molar-refractivity contribution in [3.05, 3.63) is 51.5 Å². The van der Waals surface area contributed by atoms with Crippen molar-refractivity contribution in [1.82, 2.24) is 10.3 Å². The van der Waals surface area contributed by atoms with Gasteiger partial charge in [0.1, 0.15) is 0 Å². The Morgan fingerprint density at radius 2 is 2.14 bits per heavy atom. The molecule has 2 aromatic rings. The smallest absolute Gasteiger partial charge is 0.0930 e. The fourth-order valence-electron chi connectivity index (χ4n) is 3.19. The fourth-order valence-corrected chi connectivity index (χ4v) is 4.28. The second-order valence-corrected chi connectivity index (χ2v) is 7.76. The summed E-state index contributed by atoms with van der Waals surface area (Å²) in [7, 11) is 0. The number of hydrogen-bond donors (Lipinski definition) is 1. The normalized spacial score (nSPS) is 21.0. The maximum absolute atomic E-state index is 4.54. The minimum absolute atomic E-state index is 0.483. The number of nitrogens with zero attached hydrogens (tertiary/aromatic N) is 1. The molecule has 0 fully saturated rings. The first-order valence-corrected chi connectivity index (χ1v) is 8.70. The van der Waals surface area contributed by atoms with Crippen LogP contribution in [0.25, 0.3) is 0 Å². The molecular formula is C18H24N2S. The van der Waals surface area contributed by atoms with Gasteiger partial charge in [0.2, 0.25) is 0 Å². The second-order valence-electron chi connectivity index (χ2n) is 6.56. The average Bonchev–Trinajstić information content (AvgIpc) is 2.99. The molecule has 2 atom stereocenters. The summed E-state index contributed by atoms with van der Waals surface area (Å²) in [6, 6.07) is 9.32. The Morgan fingerprint density at radius 1 is 1.33 bits per heavy atom. The van der Waals surface area contributed by atoms with Gasteiger partial charge in [-0.15, -0.1) is 11.3 Å². The van der Waals surface area contributed by atoms with Crippen LogP contribution in [0.3, 0.4) is 0 Å². The first-order chi connectivity index (χ1) is 10.1. The summed E-state index contributed by atoms with van der Waals surface area (Å²) in [6.45, 7) is 7.76. The highest BCUT2D eigenvalue weighted by Gasteiger charge is 2.28. The lowest BCUT2D eigenvalue weighted by Gasteiger charge is -2.18. The van der Waals surface area contributed by atoms with E-state index < -0.39 is 0 Å². The van der Waals surface area contributed by atoms with Crippen LogP contribution in [0.2, 0.25) is 0 Å². The van der Waals surface area contributed by atoms with Gasteiger partial charge in [0.05, 0.1) is 5.01 Å². The van der Waals surface area contributed by atoms with E-state index in [2.05, 4.69) is 55.3 Å². The number of benzene rings is 1. The van der Waals surface area contributed by atoms with Crippen LogP contribution in [0.5, 0.6) is 0 Å². The number of rotatable bonds is 5. The van der Waals surface area contributed by atoms with E-state index in [0.717, 1.165) is 13.0 Å². The van der Waals surface area contributed by atoms with E-state index in [1.807, 2.05) is 17.5 Å². The summed E-state index contributed by atoms with van der Waals surface area (Å²) in [5.41, 5.74) is 2.99. The number of hydrogen-bond acceptors (Lipinski definition) is 3. The van der Waals surface area contributed by atoms with Crippen LogP contribution >= 0.6 is 11.3 Å². The topological polar surface area (TPSA) is 24.9 Å². The van der Waals surface area contributed by atoms with E-state index >= 15 is 0 Å². The van der Waals surface area contributed by atoms with Gasteiger partial charge < -0.3 is 5.32 Å². The molecule has 0 radical (unpaired) electrons. The van der Waals surface area contributed by atoms with Crippen molar-refractivity contribution < 1.29 is 0 Å². The minimum Gasteiger partial charge on any atom is -0.305 e. The molecule has 1 N–H and O–H groups in total. The molecule has 0 amide bonds. The summed E-state index contributed by atoms with van der Waals surface area (Å²) in [4.78, 5) is 5.89. The van der Waals surface area contributed by atoms with E-state index in [4.69, 9.17) is 0 Å². The summed E-state index contributed by atoms with van der Waals surface area (Å²) < 4.78 is 0. The zero-order valence-corrected chi connectivity index (χ0v) is 13.9. The first kappa shape index (κ1) is 14.7. The number of thiazole rings is 1. The Kier molecular flexibility index (Phi) is 4.41. The van der Waals surface area contributed by atoms with Crippen molar-refractivity contribution >= 4 is 11.3 Å². The highest BCUT2D eigenvalue weighted by molar-refractivity contribution is 7.11. The van der Waals surface area contributed by atoms with Gasteiger partial charge in [0.15, 0.2) is 0 Å². The highest BCUT2D eigenvalue weighted by Crippen LogP contribution is 2.35. The molecule has 3 heteroatoms. The van der Waals surface area contributed by atoms with Crippen molar-refractivity contribution in [2.75, 3.05) is 0 Å². The van der Waals surface area contributed by atoms with Crippen LogP contribution in [0.4, 0.5) is 0 Å². The van der Waals surface area contributed by atoms with E-state index in [-0.39, 0.29) is 0 Å².